The van der Waals surface area contributed by atoms with Gasteiger partial charge in [0.1, 0.15) is 0 Å². The lowest BCUT2D eigenvalue weighted by atomic mass is 10.2. The van der Waals surface area contributed by atoms with Crippen molar-refractivity contribution in [3.63, 3.8) is 0 Å². The Bertz CT molecular complexity index is 585. The lowest BCUT2D eigenvalue weighted by molar-refractivity contribution is 0.0561. The number of piperazine rings is 1. The predicted molar refractivity (Wildman–Crippen MR) is 104 cm³/mol. The second kappa shape index (κ2) is 10.0. The van der Waals surface area contributed by atoms with E-state index < -0.39 is 10.8 Å². The quantitative estimate of drug-likeness (QED) is 0.779. The van der Waals surface area contributed by atoms with Crippen LogP contribution in [-0.2, 0) is 21.3 Å². The molecule has 0 aliphatic carbocycles. The van der Waals surface area contributed by atoms with E-state index in [1.165, 1.54) is 6.42 Å². The molecule has 1 aromatic rings. The number of nitrogens with zero attached hydrogens (tertiary/aromatic N) is 2. The molecule has 0 bridgehead atoms. The molecule has 2 heterocycles. The van der Waals surface area contributed by atoms with E-state index in [1.54, 1.807) is 0 Å². The van der Waals surface area contributed by atoms with Crippen LogP contribution in [0.1, 0.15) is 18.4 Å². The molecular weight excluding hydrogens is 350 g/mol. The Morgan fingerprint density at radius 3 is 2.65 bits per heavy atom. The molecule has 0 saturated carbocycles. The molecule has 0 aromatic heterocycles. The first kappa shape index (κ1) is 19.3. The van der Waals surface area contributed by atoms with Crippen LogP contribution < -0.4 is 5.32 Å². The van der Waals surface area contributed by atoms with E-state index in [4.69, 9.17) is 4.74 Å². The molecule has 3 rings (SSSR count). The van der Waals surface area contributed by atoms with Crippen molar-refractivity contribution < 1.29 is 13.7 Å². The van der Waals surface area contributed by atoms with Gasteiger partial charge in [0.05, 0.1) is 6.10 Å². The topological polar surface area (TPSA) is 61.9 Å². The third-order valence-corrected chi connectivity index (χ3v) is 6.24. The Morgan fingerprint density at radius 2 is 1.96 bits per heavy atom. The van der Waals surface area contributed by atoms with Crippen molar-refractivity contribution in [1.82, 2.24) is 15.1 Å². The van der Waals surface area contributed by atoms with Crippen LogP contribution in [0.25, 0.3) is 0 Å². The van der Waals surface area contributed by atoms with Crippen molar-refractivity contribution >= 4 is 16.8 Å². The summed E-state index contributed by atoms with van der Waals surface area (Å²) in [6.07, 6.45) is 2.69. The lowest BCUT2D eigenvalue weighted by Gasteiger charge is -2.35. The minimum Gasteiger partial charge on any atom is -0.377 e. The number of benzene rings is 1. The van der Waals surface area contributed by atoms with Crippen molar-refractivity contribution in [3.8, 4) is 0 Å². The van der Waals surface area contributed by atoms with Crippen LogP contribution in [0.4, 0.5) is 4.79 Å². The molecule has 0 radical (unpaired) electrons. The number of hydrogen-bond donors (Lipinski definition) is 1. The highest BCUT2D eigenvalue weighted by atomic mass is 32.2. The van der Waals surface area contributed by atoms with Crippen LogP contribution in [0.2, 0.25) is 0 Å². The third-order valence-electron chi connectivity index (χ3n) is 4.92. The lowest BCUT2D eigenvalue weighted by Crippen LogP contribution is -2.53. The number of urea groups is 1. The minimum atomic E-state index is -0.956. The van der Waals surface area contributed by atoms with E-state index in [-0.39, 0.29) is 6.03 Å². The molecule has 2 saturated heterocycles. The van der Waals surface area contributed by atoms with Crippen molar-refractivity contribution in [1.29, 1.82) is 0 Å². The first-order chi connectivity index (χ1) is 12.7. The Labute approximate surface area is 158 Å². The monoisotopic (exact) mass is 379 g/mol. The summed E-state index contributed by atoms with van der Waals surface area (Å²) >= 11 is 0. The molecule has 2 aliphatic rings. The molecule has 1 N–H and O–H groups in total. The average Bonchev–Trinajstić information content (AvgIpc) is 3.16. The van der Waals surface area contributed by atoms with Crippen molar-refractivity contribution in [2.24, 2.45) is 0 Å². The Hall–Kier alpha value is -1.44. The molecule has 6 nitrogen and oxygen atoms in total. The maximum atomic E-state index is 12.3. The molecule has 1 aromatic carbocycles. The highest BCUT2D eigenvalue weighted by Gasteiger charge is 2.24. The van der Waals surface area contributed by atoms with Gasteiger partial charge < -0.3 is 15.0 Å². The van der Waals surface area contributed by atoms with Crippen molar-refractivity contribution in [3.05, 3.63) is 35.9 Å². The van der Waals surface area contributed by atoms with E-state index in [0.717, 1.165) is 51.3 Å². The molecule has 2 atom stereocenters. The van der Waals surface area contributed by atoms with Crippen molar-refractivity contribution in [2.75, 3.05) is 51.6 Å². The zero-order valence-corrected chi connectivity index (χ0v) is 16.1. The fourth-order valence-corrected chi connectivity index (χ4v) is 4.46. The number of hydrogen-bond acceptors (Lipinski definition) is 4. The molecule has 2 fully saturated rings. The number of amides is 2. The summed E-state index contributed by atoms with van der Waals surface area (Å²) < 4.78 is 17.8. The largest absolute Gasteiger partial charge is 0.377 e. The highest BCUT2D eigenvalue weighted by Crippen LogP contribution is 2.14. The predicted octanol–water partition coefficient (Wildman–Crippen LogP) is 1.44. The van der Waals surface area contributed by atoms with Gasteiger partial charge in [-0.1, -0.05) is 30.3 Å². The second-order valence-corrected chi connectivity index (χ2v) is 8.51. The van der Waals surface area contributed by atoms with Crippen LogP contribution >= 0.6 is 0 Å². The second-order valence-electron chi connectivity index (χ2n) is 6.93. The standard InChI is InChI=1S/C19H29N3O3S/c23-19(20-8-14-26(24)16-17-5-2-1-3-6-17)22-11-9-21(10-12-22)15-18-7-4-13-25-18/h1-3,5-6,18H,4,7-16H2,(H,20,23). The number of nitrogens with one attached hydrogen (secondary N) is 1. The molecule has 2 unspecified atom stereocenters. The highest BCUT2D eigenvalue weighted by molar-refractivity contribution is 7.84. The fourth-order valence-electron chi connectivity index (χ4n) is 3.43. The number of ether oxygens (including phenoxy) is 1. The summed E-state index contributed by atoms with van der Waals surface area (Å²) in [6, 6.07) is 9.77. The maximum Gasteiger partial charge on any atom is 0.317 e. The van der Waals surface area contributed by atoms with Gasteiger partial charge in [-0.2, -0.15) is 0 Å². The molecule has 7 heteroatoms. The van der Waals surface area contributed by atoms with Gasteiger partial charge in [0.2, 0.25) is 0 Å². The first-order valence-corrected chi connectivity index (χ1v) is 10.9. The van der Waals surface area contributed by atoms with Gasteiger partial charge in [-0.05, 0) is 18.4 Å². The summed E-state index contributed by atoms with van der Waals surface area (Å²) in [4.78, 5) is 16.5. The van der Waals surface area contributed by atoms with Gasteiger partial charge in [-0.3, -0.25) is 9.11 Å². The Morgan fingerprint density at radius 1 is 1.19 bits per heavy atom. The van der Waals surface area contributed by atoms with Gasteiger partial charge in [-0.15, -0.1) is 0 Å². The van der Waals surface area contributed by atoms with Crippen LogP contribution in [0.5, 0.6) is 0 Å². The van der Waals surface area contributed by atoms with E-state index in [2.05, 4.69) is 10.2 Å². The summed E-state index contributed by atoms with van der Waals surface area (Å²) in [5, 5.41) is 2.91. The SMILES string of the molecule is O=C(NCCS(=O)Cc1ccccc1)N1CCN(CC2CCCO2)CC1. The first-order valence-electron chi connectivity index (χ1n) is 9.46. The van der Waals surface area contributed by atoms with E-state index in [0.29, 0.717) is 24.2 Å². The molecule has 0 spiro atoms. The maximum absolute atomic E-state index is 12.3. The molecule has 2 aliphatic heterocycles. The summed E-state index contributed by atoms with van der Waals surface area (Å²) in [7, 11) is -0.956. The zero-order valence-electron chi connectivity index (χ0n) is 15.3. The minimum absolute atomic E-state index is 0.0431. The van der Waals surface area contributed by atoms with Gasteiger partial charge in [0.25, 0.3) is 0 Å². The van der Waals surface area contributed by atoms with Gasteiger partial charge in [0, 0.05) is 68.2 Å². The number of carbonyl (C=O) groups excluding carboxylic acids is 1. The fraction of sp³-hybridized carbons (Fsp3) is 0.632. The Balaban J connectivity index is 1.29. The third kappa shape index (κ3) is 6.07. The summed E-state index contributed by atoms with van der Waals surface area (Å²) in [5.41, 5.74) is 1.07. The smallest absolute Gasteiger partial charge is 0.317 e. The van der Waals surface area contributed by atoms with Crippen LogP contribution in [0, 0.1) is 0 Å². The van der Waals surface area contributed by atoms with Crippen molar-refractivity contribution in [2.45, 2.75) is 24.7 Å². The van der Waals surface area contributed by atoms with Gasteiger partial charge >= 0.3 is 6.03 Å². The van der Waals surface area contributed by atoms with Gasteiger partial charge in [0.15, 0.2) is 0 Å². The molecular formula is C19H29N3O3S. The van der Waals surface area contributed by atoms with Crippen LogP contribution in [0.3, 0.4) is 0 Å². The Kier molecular flexibility index (Phi) is 7.46. The van der Waals surface area contributed by atoms with E-state index in [9.17, 15) is 9.00 Å². The van der Waals surface area contributed by atoms with Crippen LogP contribution in [0.15, 0.2) is 30.3 Å². The molecule has 144 valence electrons. The summed E-state index contributed by atoms with van der Waals surface area (Å²) in [6.45, 7) is 5.60. The summed E-state index contributed by atoms with van der Waals surface area (Å²) in [5.74, 6) is 1.03. The zero-order chi connectivity index (χ0) is 18.2. The van der Waals surface area contributed by atoms with E-state index in [1.807, 2.05) is 35.2 Å². The number of carbonyl (C=O) groups is 1. The number of rotatable bonds is 7. The molecule has 2 amide bonds. The van der Waals surface area contributed by atoms with Crippen LogP contribution in [-0.4, -0.2) is 77.8 Å². The normalized spacial score (nSPS) is 22.3. The molecule has 26 heavy (non-hydrogen) atoms. The van der Waals surface area contributed by atoms with Gasteiger partial charge in [-0.25, -0.2) is 4.79 Å². The van der Waals surface area contributed by atoms with E-state index >= 15 is 0 Å². The average molecular weight is 380 g/mol.